The highest BCUT2D eigenvalue weighted by molar-refractivity contribution is 8.00. The SMILES string of the molecule is C=CCSc1ccc2c(c1)Nc1ccccc1S2. The van der Waals surface area contributed by atoms with Crippen molar-refractivity contribution in [2.24, 2.45) is 0 Å². The molecule has 0 aromatic heterocycles. The van der Waals surface area contributed by atoms with Crippen LogP contribution in [0.25, 0.3) is 0 Å². The molecule has 2 aromatic rings. The van der Waals surface area contributed by atoms with Crippen LogP contribution in [0.4, 0.5) is 11.4 Å². The summed E-state index contributed by atoms with van der Waals surface area (Å²) in [5.41, 5.74) is 2.40. The summed E-state index contributed by atoms with van der Waals surface area (Å²) >= 11 is 3.63. The fourth-order valence-corrected chi connectivity index (χ4v) is 3.51. The Hall–Kier alpha value is -1.32. The maximum absolute atomic E-state index is 3.75. The Labute approximate surface area is 116 Å². The van der Waals surface area contributed by atoms with Crippen molar-refractivity contribution in [1.29, 1.82) is 0 Å². The predicted octanol–water partition coefficient (Wildman–Crippen LogP) is 5.17. The number of nitrogens with one attached hydrogen (secondary N) is 1. The van der Waals surface area contributed by atoms with Gasteiger partial charge >= 0.3 is 0 Å². The van der Waals surface area contributed by atoms with E-state index in [1.807, 2.05) is 29.6 Å². The maximum atomic E-state index is 3.75. The minimum atomic E-state index is 0.947. The molecule has 0 bridgehead atoms. The fraction of sp³-hybridized carbons (Fsp3) is 0.0667. The molecule has 0 fully saturated rings. The highest BCUT2D eigenvalue weighted by Crippen LogP contribution is 2.44. The summed E-state index contributed by atoms with van der Waals surface area (Å²) in [7, 11) is 0. The lowest BCUT2D eigenvalue weighted by Gasteiger charge is -2.21. The molecule has 18 heavy (non-hydrogen) atoms. The van der Waals surface area contributed by atoms with Gasteiger partial charge < -0.3 is 5.32 Å². The van der Waals surface area contributed by atoms with Crippen molar-refractivity contribution in [3.05, 3.63) is 55.1 Å². The van der Waals surface area contributed by atoms with Gasteiger partial charge in [-0.2, -0.15) is 0 Å². The molecule has 3 rings (SSSR count). The molecule has 1 aliphatic heterocycles. The molecule has 3 heteroatoms. The summed E-state index contributed by atoms with van der Waals surface area (Å²) in [4.78, 5) is 3.86. The quantitative estimate of drug-likeness (QED) is 0.521. The molecular formula is C15H13NS2. The predicted molar refractivity (Wildman–Crippen MR) is 81.2 cm³/mol. The van der Waals surface area contributed by atoms with E-state index in [2.05, 4.69) is 54.4 Å². The maximum Gasteiger partial charge on any atom is 0.0537 e. The van der Waals surface area contributed by atoms with E-state index in [1.165, 1.54) is 26.1 Å². The van der Waals surface area contributed by atoms with E-state index in [1.54, 1.807) is 0 Å². The lowest BCUT2D eigenvalue weighted by molar-refractivity contribution is 1.28. The van der Waals surface area contributed by atoms with E-state index in [9.17, 15) is 0 Å². The van der Waals surface area contributed by atoms with Crippen molar-refractivity contribution in [3.63, 3.8) is 0 Å². The van der Waals surface area contributed by atoms with Crippen LogP contribution in [-0.2, 0) is 0 Å². The monoisotopic (exact) mass is 271 g/mol. The average molecular weight is 271 g/mol. The van der Waals surface area contributed by atoms with Crippen molar-refractivity contribution in [2.75, 3.05) is 11.1 Å². The van der Waals surface area contributed by atoms with Gasteiger partial charge in [0.15, 0.2) is 0 Å². The van der Waals surface area contributed by atoms with Gasteiger partial charge in [-0.1, -0.05) is 30.0 Å². The highest BCUT2D eigenvalue weighted by atomic mass is 32.2. The lowest BCUT2D eigenvalue weighted by atomic mass is 10.2. The third kappa shape index (κ3) is 2.28. The molecule has 0 saturated heterocycles. The van der Waals surface area contributed by atoms with Gasteiger partial charge in [-0.05, 0) is 30.3 Å². The van der Waals surface area contributed by atoms with Crippen LogP contribution in [0, 0.1) is 0 Å². The van der Waals surface area contributed by atoms with Crippen LogP contribution in [0.15, 0.2) is 69.8 Å². The van der Waals surface area contributed by atoms with Gasteiger partial charge in [-0.3, -0.25) is 0 Å². The molecular weight excluding hydrogens is 258 g/mol. The Bertz CT molecular complexity index is 593. The molecule has 0 spiro atoms. The molecule has 0 atom stereocenters. The molecule has 2 aromatic carbocycles. The third-order valence-electron chi connectivity index (χ3n) is 2.70. The van der Waals surface area contributed by atoms with Crippen molar-refractivity contribution >= 4 is 34.9 Å². The molecule has 1 nitrogen and oxygen atoms in total. The van der Waals surface area contributed by atoms with Gasteiger partial charge in [0.2, 0.25) is 0 Å². The third-order valence-corrected chi connectivity index (χ3v) is 4.84. The van der Waals surface area contributed by atoms with Gasteiger partial charge in [0.05, 0.1) is 11.4 Å². The van der Waals surface area contributed by atoms with Crippen molar-refractivity contribution in [3.8, 4) is 0 Å². The second-order valence-electron chi connectivity index (χ2n) is 3.98. The van der Waals surface area contributed by atoms with Crippen LogP contribution in [0.5, 0.6) is 0 Å². The Morgan fingerprint density at radius 1 is 1.11 bits per heavy atom. The zero-order valence-electron chi connectivity index (χ0n) is 9.85. The van der Waals surface area contributed by atoms with E-state index in [0.717, 1.165) is 5.75 Å². The van der Waals surface area contributed by atoms with Gasteiger partial charge in [0.25, 0.3) is 0 Å². The first-order valence-electron chi connectivity index (χ1n) is 5.78. The van der Waals surface area contributed by atoms with Crippen LogP contribution >= 0.6 is 23.5 Å². The van der Waals surface area contributed by atoms with Crippen LogP contribution in [0.1, 0.15) is 0 Å². The Morgan fingerprint density at radius 3 is 2.83 bits per heavy atom. The van der Waals surface area contributed by atoms with E-state index in [4.69, 9.17) is 0 Å². The molecule has 0 unspecified atom stereocenters. The highest BCUT2D eigenvalue weighted by Gasteiger charge is 2.15. The summed E-state index contributed by atoms with van der Waals surface area (Å²) in [6.45, 7) is 3.75. The summed E-state index contributed by atoms with van der Waals surface area (Å²) in [6.07, 6.45) is 1.93. The second-order valence-corrected chi connectivity index (χ2v) is 6.16. The number of benzene rings is 2. The van der Waals surface area contributed by atoms with Gasteiger partial charge in [0, 0.05) is 20.4 Å². The molecule has 1 N–H and O–H groups in total. The normalized spacial score (nSPS) is 12.2. The zero-order chi connectivity index (χ0) is 12.4. The van der Waals surface area contributed by atoms with E-state index in [0.29, 0.717) is 0 Å². The van der Waals surface area contributed by atoms with Gasteiger partial charge in [0.1, 0.15) is 0 Å². The Balaban J connectivity index is 1.91. The molecule has 0 amide bonds. The topological polar surface area (TPSA) is 12.0 Å². The molecule has 1 heterocycles. The van der Waals surface area contributed by atoms with Crippen LogP contribution in [-0.4, -0.2) is 5.75 Å². The first kappa shape index (κ1) is 11.8. The van der Waals surface area contributed by atoms with Crippen LogP contribution in [0.2, 0.25) is 0 Å². The van der Waals surface area contributed by atoms with Crippen molar-refractivity contribution in [1.82, 2.24) is 0 Å². The summed E-state index contributed by atoms with van der Waals surface area (Å²) in [5.74, 6) is 0.947. The van der Waals surface area contributed by atoms with E-state index in [-0.39, 0.29) is 0 Å². The number of hydrogen-bond acceptors (Lipinski definition) is 3. The van der Waals surface area contributed by atoms with Gasteiger partial charge in [-0.25, -0.2) is 0 Å². The molecule has 0 saturated carbocycles. The van der Waals surface area contributed by atoms with E-state index < -0.39 is 0 Å². The van der Waals surface area contributed by atoms with Crippen LogP contribution < -0.4 is 5.32 Å². The number of fused-ring (bicyclic) bond motifs is 2. The number of para-hydroxylation sites is 1. The number of hydrogen-bond donors (Lipinski definition) is 1. The van der Waals surface area contributed by atoms with E-state index >= 15 is 0 Å². The molecule has 1 aliphatic rings. The minimum absolute atomic E-state index is 0.947. The minimum Gasteiger partial charge on any atom is -0.354 e. The van der Waals surface area contributed by atoms with Gasteiger partial charge in [-0.15, -0.1) is 18.3 Å². The van der Waals surface area contributed by atoms with Crippen molar-refractivity contribution in [2.45, 2.75) is 14.7 Å². The molecule has 90 valence electrons. The summed E-state index contributed by atoms with van der Waals surface area (Å²) in [5, 5.41) is 3.50. The van der Waals surface area contributed by atoms with Crippen LogP contribution in [0.3, 0.4) is 0 Å². The largest absolute Gasteiger partial charge is 0.354 e. The summed E-state index contributed by atoms with van der Waals surface area (Å²) in [6, 6.07) is 15.0. The van der Waals surface area contributed by atoms with Crippen molar-refractivity contribution < 1.29 is 0 Å². The summed E-state index contributed by atoms with van der Waals surface area (Å²) < 4.78 is 0. The average Bonchev–Trinajstić information content (AvgIpc) is 2.42. The molecule has 0 aliphatic carbocycles. The lowest BCUT2D eigenvalue weighted by Crippen LogP contribution is -1.99. The number of rotatable bonds is 3. The smallest absolute Gasteiger partial charge is 0.0537 e. The standard InChI is InChI=1S/C15H13NS2/c1-2-9-17-11-7-8-15-13(10-11)16-12-5-3-4-6-14(12)18-15/h2-8,10,16H,1,9H2. The fourth-order valence-electron chi connectivity index (χ4n) is 1.86. The molecule has 0 radical (unpaired) electrons. The second kappa shape index (κ2) is 5.12. The first-order valence-corrected chi connectivity index (χ1v) is 7.59. The first-order chi connectivity index (χ1) is 8.86. The Kier molecular flexibility index (Phi) is 3.35. The zero-order valence-corrected chi connectivity index (χ0v) is 11.5. The number of thioether (sulfide) groups is 1. The number of anilines is 2. The Morgan fingerprint density at radius 2 is 1.94 bits per heavy atom.